The van der Waals surface area contributed by atoms with Crippen molar-refractivity contribution in [2.45, 2.75) is 12.5 Å². The Bertz CT molecular complexity index is 1460. The lowest BCUT2D eigenvalue weighted by atomic mass is 10.0. The molecule has 1 aliphatic rings. The van der Waals surface area contributed by atoms with Crippen LogP contribution in [0.4, 0.5) is 4.39 Å². The molecule has 3 heterocycles. The number of carbonyl (C=O) groups excluding carboxylic acids is 2. The molecule has 2 aromatic heterocycles. The van der Waals surface area contributed by atoms with Crippen LogP contribution in [-0.4, -0.2) is 43.6 Å². The number of nitrogens with zero attached hydrogens (tertiary/aromatic N) is 4. The Morgan fingerprint density at radius 3 is 2.61 bits per heavy atom. The van der Waals surface area contributed by atoms with Crippen LogP contribution in [0.1, 0.15) is 31.8 Å². The molecule has 2 amide bonds. The Kier molecular flexibility index (Phi) is 6.20. The average Bonchev–Trinajstić information content (AvgIpc) is 3.52. The number of fused-ring (bicyclic) bond motifs is 1. The molecule has 0 bridgehead atoms. The first-order chi connectivity index (χ1) is 17.3. The molecule has 9 heteroatoms. The predicted octanol–water partition coefficient (Wildman–Crippen LogP) is 4.47. The molecule has 1 atom stereocenters. The maximum Gasteiger partial charge on any atom is 0.259 e. The molecule has 1 N–H and O–H groups in total. The summed E-state index contributed by atoms with van der Waals surface area (Å²) in [6.07, 6.45) is 3.58. The van der Waals surface area contributed by atoms with Crippen molar-refractivity contribution in [3.63, 3.8) is 0 Å². The molecule has 2 aromatic carbocycles. The van der Waals surface area contributed by atoms with Crippen molar-refractivity contribution in [1.29, 1.82) is 0 Å². The number of benzene rings is 2. The monoisotopic (exact) mass is 503 g/mol. The lowest BCUT2D eigenvalue weighted by Crippen LogP contribution is -2.45. The van der Waals surface area contributed by atoms with Crippen molar-refractivity contribution in [2.75, 3.05) is 6.54 Å². The molecule has 0 spiro atoms. The van der Waals surface area contributed by atoms with E-state index in [-0.39, 0.29) is 24.2 Å². The van der Waals surface area contributed by atoms with Gasteiger partial charge in [-0.1, -0.05) is 48.5 Å². The van der Waals surface area contributed by atoms with E-state index in [9.17, 15) is 14.0 Å². The van der Waals surface area contributed by atoms with Gasteiger partial charge >= 0.3 is 0 Å². The number of aryl methyl sites for hydroxylation is 1. The van der Waals surface area contributed by atoms with Crippen molar-refractivity contribution in [1.82, 2.24) is 24.6 Å². The van der Waals surface area contributed by atoms with E-state index in [4.69, 9.17) is 11.6 Å². The van der Waals surface area contributed by atoms with E-state index >= 15 is 0 Å². The molecule has 7 nitrogen and oxygen atoms in total. The van der Waals surface area contributed by atoms with E-state index in [1.165, 1.54) is 12.1 Å². The quantitative estimate of drug-likeness (QED) is 0.404. The van der Waals surface area contributed by atoms with Crippen LogP contribution >= 0.6 is 11.6 Å². The summed E-state index contributed by atoms with van der Waals surface area (Å²) in [6.45, 7) is 4.27. The fourth-order valence-electron chi connectivity index (χ4n) is 4.47. The van der Waals surface area contributed by atoms with Gasteiger partial charge in [0.1, 0.15) is 16.8 Å². The smallest absolute Gasteiger partial charge is 0.259 e. The zero-order chi connectivity index (χ0) is 25.4. The van der Waals surface area contributed by atoms with Gasteiger partial charge in [-0.3, -0.25) is 18.8 Å². The van der Waals surface area contributed by atoms with Crippen LogP contribution in [0, 0.1) is 5.82 Å². The minimum atomic E-state index is -0.520. The van der Waals surface area contributed by atoms with Crippen molar-refractivity contribution in [2.24, 2.45) is 7.05 Å². The Labute approximate surface area is 212 Å². The molecule has 0 saturated heterocycles. The summed E-state index contributed by atoms with van der Waals surface area (Å²) in [4.78, 5) is 27.9. The van der Waals surface area contributed by atoms with E-state index in [1.807, 2.05) is 12.1 Å². The first kappa shape index (κ1) is 23.6. The van der Waals surface area contributed by atoms with Crippen LogP contribution in [-0.2, 0) is 13.5 Å². The number of nitrogens with one attached hydrogen (secondary N) is 1. The summed E-state index contributed by atoms with van der Waals surface area (Å²) in [5.41, 5.74) is 2.94. The maximum absolute atomic E-state index is 13.9. The van der Waals surface area contributed by atoms with Crippen molar-refractivity contribution in [3.05, 3.63) is 113 Å². The van der Waals surface area contributed by atoms with E-state index in [1.54, 1.807) is 70.0 Å². The topological polar surface area (TPSA) is 72.2 Å². The third kappa shape index (κ3) is 4.43. The van der Waals surface area contributed by atoms with Crippen molar-refractivity contribution < 1.29 is 14.0 Å². The van der Waals surface area contributed by atoms with E-state index < -0.39 is 6.04 Å². The summed E-state index contributed by atoms with van der Waals surface area (Å²) in [5, 5.41) is 7.50. The van der Waals surface area contributed by atoms with Gasteiger partial charge in [-0.2, -0.15) is 5.10 Å². The van der Waals surface area contributed by atoms with Gasteiger partial charge in [0.15, 0.2) is 0 Å². The summed E-state index contributed by atoms with van der Waals surface area (Å²) in [5.74, 6) is -0.216. The first-order valence-corrected chi connectivity index (χ1v) is 11.7. The van der Waals surface area contributed by atoms with Crippen LogP contribution in [0.5, 0.6) is 0 Å². The van der Waals surface area contributed by atoms with E-state index in [0.29, 0.717) is 39.8 Å². The molecular weight excluding hydrogens is 481 g/mol. The highest BCUT2D eigenvalue weighted by Gasteiger charge is 2.33. The van der Waals surface area contributed by atoms with Gasteiger partial charge in [0.25, 0.3) is 11.8 Å². The molecule has 1 aliphatic heterocycles. The minimum Gasteiger partial charge on any atom is -0.347 e. The number of amides is 2. The summed E-state index contributed by atoms with van der Waals surface area (Å²) in [6, 6.07) is 16.3. The second-order valence-corrected chi connectivity index (χ2v) is 9.03. The second kappa shape index (κ2) is 9.47. The third-order valence-corrected chi connectivity index (χ3v) is 6.52. The molecule has 0 fully saturated rings. The zero-order valence-corrected chi connectivity index (χ0v) is 20.2. The molecule has 0 radical (unpaired) electrons. The highest BCUT2D eigenvalue weighted by atomic mass is 35.5. The zero-order valence-electron chi connectivity index (χ0n) is 19.5. The maximum atomic E-state index is 13.9. The van der Waals surface area contributed by atoms with Gasteiger partial charge in [-0.15, -0.1) is 0 Å². The number of rotatable bonds is 7. The molecule has 0 saturated carbocycles. The van der Waals surface area contributed by atoms with Gasteiger partial charge in [0.2, 0.25) is 0 Å². The van der Waals surface area contributed by atoms with E-state index in [0.717, 1.165) is 5.56 Å². The number of aromatic nitrogens is 3. The van der Waals surface area contributed by atoms with Crippen LogP contribution in [0.3, 0.4) is 0 Å². The molecule has 0 aliphatic carbocycles. The molecular formula is C27H23ClFN5O2. The summed E-state index contributed by atoms with van der Waals surface area (Å²) >= 11 is 6.40. The highest BCUT2D eigenvalue weighted by molar-refractivity contribution is 6.30. The van der Waals surface area contributed by atoms with Gasteiger partial charge in [-0.25, -0.2) is 4.39 Å². The standard InChI is InChI=1S/C27H23ClFN5O2/c1-17-22-8-3-4-9-23(22)27(36)33(17)16-21(13-18-6-5-7-20(29)12-18)31-26(35)19-14-24(28)34(15-19)25-10-11-30-32(25)2/h3-12,14-15,21H,1,13,16H2,2H3,(H,31,35)/t21-/m0/s1. The number of carbonyl (C=O) groups is 2. The number of hydrogen-bond acceptors (Lipinski definition) is 3. The lowest BCUT2D eigenvalue weighted by molar-refractivity contribution is 0.0819. The fourth-order valence-corrected chi connectivity index (χ4v) is 4.72. The van der Waals surface area contributed by atoms with Crippen LogP contribution in [0.25, 0.3) is 11.5 Å². The number of hydrogen-bond donors (Lipinski definition) is 1. The fraction of sp³-hybridized carbons (Fsp3) is 0.148. The normalized spacial score (nSPS) is 13.7. The Morgan fingerprint density at radius 2 is 1.92 bits per heavy atom. The first-order valence-electron chi connectivity index (χ1n) is 11.3. The summed E-state index contributed by atoms with van der Waals surface area (Å²) < 4.78 is 17.2. The molecule has 0 unspecified atom stereocenters. The summed E-state index contributed by atoms with van der Waals surface area (Å²) in [7, 11) is 1.78. The van der Waals surface area contributed by atoms with Crippen LogP contribution in [0.2, 0.25) is 5.15 Å². The SMILES string of the molecule is C=C1c2ccccc2C(=O)N1C[C@H](Cc1cccc(F)c1)NC(=O)c1cc(Cl)n(-c2ccnn2C)c1. The van der Waals surface area contributed by atoms with Gasteiger partial charge in [0.05, 0.1) is 17.8 Å². The molecule has 36 heavy (non-hydrogen) atoms. The highest BCUT2D eigenvalue weighted by Crippen LogP contribution is 2.31. The Hall–Kier alpha value is -4.17. The minimum absolute atomic E-state index is 0.171. The Morgan fingerprint density at radius 1 is 1.14 bits per heavy atom. The second-order valence-electron chi connectivity index (χ2n) is 8.65. The number of halogens is 2. The third-order valence-electron chi connectivity index (χ3n) is 6.23. The molecule has 182 valence electrons. The van der Waals surface area contributed by atoms with Crippen LogP contribution in [0.15, 0.2) is 79.6 Å². The Balaban J connectivity index is 1.41. The van der Waals surface area contributed by atoms with Gasteiger partial charge in [0, 0.05) is 42.7 Å². The van der Waals surface area contributed by atoms with Crippen LogP contribution < -0.4 is 5.32 Å². The van der Waals surface area contributed by atoms with Crippen molar-refractivity contribution in [3.8, 4) is 5.82 Å². The van der Waals surface area contributed by atoms with Gasteiger partial charge < -0.3 is 10.2 Å². The molecule has 4 aromatic rings. The van der Waals surface area contributed by atoms with Gasteiger partial charge in [-0.05, 0) is 36.2 Å². The predicted molar refractivity (Wildman–Crippen MR) is 135 cm³/mol. The molecule has 5 rings (SSSR count). The van der Waals surface area contributed by atoms with Crippen molar-refractivity contribution >= 4 is 29.1 Å². The average molecular weight is 504 g/mol. The largest absolute Gasteiger partial charge is 0.347 e. The lowest BCUT2D eigenvalue weighted by Gasteiger charge is -2.26. The van der Waals surface area contributed by atoms with E-state index in [2.05, 4.69) is 17.0 Å².